The van der Waals surface area contributed by atoms with E-state index >= 15 is 0 Å². The summed E-state index contributed by atoms with van der Waals surface area (Å²) in [6, 6.07) is 4.79. The van der Waals surface area contributed by atoms with Gasteiger partial charge in [0.25, 0.3) is 10.0 Å². The Hall–Kier alpha value is -0.830. The zero-order chi connectivity index (χ0) is 14.9. The molecule has 0 spiro atoms. The fraction of sp³-hybridized carbons (Fsp3) is 0.182. The Morgan fingerprint density at radius 3 is 2.55 bits per heavy atom. The van der Waals surface area contributed by atoms with Crippen molar-refractivity contribution in [3.63, 3.8) is 0 Å². The monoisotopic (exact) mass is 395 g/mol. The van der Waals surface area contributed by atoms with E-state index in [9.17, 15) is 8.42 Å². The molecule has 0 atom stereocenters. The number of hydrogen-bond donors (Lipinski definition) is 1. The quantitative estimate of drug-likeness (QED) is 0.860. The molecule has 1 N–H and O–H groups in total. The molecule has 0 saturated carbocycles. The smallest absolute Gasteiger partial charge is 0.271 e. The lowest BCUT2D eigenvalue weighted by atomic mass is 10.4. The van der Waals surface area contributed by atoms with Crippen LogP contribution in [0.1, 0.15) is 0 Å². The van der Waals surface area contributed by atoms with Crippen LogP contribution >= 0.6 is 38.9 Å². The molecule has 0 amide bonds. The van der Waals surface area contributed by atoms with Gasteiger partial charge in [0.15, 0.2) is 0 Å². The van der Waals surface area contributed by atoms with Gasteiger partial charge in [0.2, 0.25) is 0 Å². The Bertz CT molecular complexity index is 694. The highest BCUT2D eigenvalue weighted by Gasteiger charge is 2.19. The molecule has 2 aromatic heterocycles. The van der Waals surface area contributed by atoms with E-state index < -0.39 is 10.0 Å². The number of pyridine rings is 1. The number of anilines is 2. The molecule has 2 heterocycles. The van der Waals surface area contributed by atoms with Gasteiger partial charge in [-0.15, -0.1) is 11.3 Å². The summed E-state index contributed by atoms with van der Waals surface area (Å²) >= 11 is 10.1. The van der Waals surface area contributed by atoms with Crippen molar-refractivity contribution < 1.29 is 8.42 Å². The standard InChI is InChI=1S/C11H11BrClN3O2S2/c1-16(2)9-4-3-7(6-14-9)15-20(17,18)10-5-8(13)11(12)19-10/h3-6,15H,1-2H3. The van der Waals surface area contributed by atoms with E-state index in [2.05, 4.69) is 25.6 Å². The van der Waals surface area contributed by atoms with Gasteiger partial charge in [-0.1, -0.05) is 11.6 Å². The maximum absolute atomic E-state index is 12.2. The largest absolute Gasteiger partial charge is 0.363 e. The summed E-state index contributed by atoms with van der Waals surface area (Å²) < 4.78 is 27.5. The van der Waals surface area contributed by atoms with Crippen molar-refractivity contribution in [3.05, 3.63) is 33.2 Å². The summed E-state index contributed by atoms with van der Waals surface area (Å²) in [7, 11) is 0.0693. The van der Waals surface area contributed by atoms with Gasteiger partial charge >= 0.3 is 0 Å². The lowest BCUT2D eigenvalue weighted by Gasteiger charge is -2.11. The van der Waals surface area contributed by atoms with Gasteiger partial charge in [-0.3, -0.25) is 4.72 Å². The first-order chi connectivity index (χ1) is 9.29. The Balaban J connectivity index is 2.24. The molecular formula is C11H11BrClN3O2S2. The third-order valence-electron chi connectivity index (χ3n) is 2.35. The van der Waals surface area contributed by atoms with Crippen molar-refractivity contribution in [3.8, 4) is 0 Å². The first-order valence-electron chi connectivity index (χ1n) is 5.40. The Morgan fingerprint density at radius 2 is 2.10 bits per heavy atom. The molecule has 108 valence electrons. The molecule has 0 unspecified atom stereocenters. The minimum Gasteiger partial charge on any atom is -0.363 e. The molecule has 20 heavy (non-hydrogen) atoms. The van der Waals surface area contributed by atoms with Crippen LogP contribution in [0.15, 0.2) is 32.4 Å². The van der Waals surface area contributed by atoms with E-state index in [1.165, 1.54) is 12.3 Å². The van der Waals surface area contributed by atoms with Crippen molar-refractivity contribution in [2.45, 2.75) is 4.21 Å². The Morgan fingerprint density at radius 1 is 1.40 bits per heavy atom. The van der Waals surface area contributed by atoms with Gasteiger partial charge in [0.05, 0.1) is 20.7 Å². The molecule has 0 fully saturated rings. The highest BCUT2D eigenvalue weighted by molar-refractivity contribution is 9.11. The van der Waals surface area contributed by atoms with Crippen molar-refractivity contribution >= 4 is 60.4 Å². The first kappa shape index (κ1) is 15.6. The van der Waals surface area contributed by atoms with Crippen LogP contribution in [0.3, 0.4) is 0 Å². The number of nitrogens with zero attached hydrogens (tertiary/aromatic N) is 2. The van der Waals surface area contributed by atoms with Gasteiger partial charge < -0.3 is 4.90 Å². The molecule has 2 aromatic rings. The highest BCUT2D eigenvalue weighted by atomic mass is 79.9. The first-order valence-corrected chi connectivity index (χ1v) is 8.87. The molecule has 0 bridgehead atoms. The highest BCUT2D eigenvalue weighted by Crippen LogP contribution is 2.35. The third kappa shape index (κ3) is 3.43. The van der Waals surface area contributed by atoms with Crippen molar-refractivity contribution in [2.24, 2.45) is 0 Å². The third-order valence-corrected chi connectivity index (χ3v) is 6.68. The number of hydrogen-bond acceptors (Lipinski definition) is 5. The molecule has 0 radical (unpaired) electrons. The number of thiophene rings is 1. The van der Waals surface area contributed by atoms with Gasteiger partial charge in [-0.05, 0) is 34.1 Å². The van der Waals surface area contributed by atoms with E-state index in [4.69, 9.17) is 11.6 Å². The molecule has 0 aromatic carbocycles. The summed E-state index contributed by atoms with van der Waals surface area (Å²) in [5.41, 5.74) is 0.399. The van der Waals surface area contributed by atoms with E-state index in [0.717, 1.165) is 17.2 Å². The van der Waals surface area contributed by atoms with Crippen LogP contribution in [-0.2, 0) is 10.0 Å². The van der Waals surface area contributed by atoms with Gasteiger partial charge in [0.1, 0.15) is 10.0 Å². The topological polar surface area (TPSA) is 62.3 Å². The SMILES string of the molecule is CN(C)c1ccc(NS(=O)(=O)c2cc(Cl)c(Br)s2)cn1. The normalized spacial score (nSPS) is 11.4. The van der Waals surface area contributed by atoms with Crippen LogP contribution in [0.25, 0.3) is 0 Å². The van der Waals surface area contributed by atoms with Crippen LogP contribution in [0.4, 0.5) is 11.5 Å². The average Bonchev–Trinajstić information content (AvgIpc) is 2.71. The number of aromatic nitrogens is 1. The zero-order valence-corrected chi connectivity index (χ0v) is 14.6. The fourth-order valence-corrected chi connectivity index (χ4v) is 4.82. The van der Waals surface area contributed by atoms with Crippen LogP contribution in [0.5, 0.6) is 0 Å². The maximum atomic E-state index is 12.2. The zero-order valence-electron chi connectivity index (χ0n) is 10.6. The van der Waals surface area contributed by atoms with Gasteiger partial charge in [0, 0.05) is 14.1 Å². The van der Waals surface area contributed by atoms with Gasteiger partial charge in [-0.25, -0.2) is 13.4 Å². The van der Waals surface area contributed by atoms with Gasteiger partial charge in [-0.2, -0.15) is 0 Å². The van der Waals surface area contributed by atoms with E-state index in [1.54, 1.807) is 12.1 Å². The molecule has 9 heteroatoms. The Labute approximate surface area is 134 Å². The molecule has 0 aliphatic carbocycles. The number of sulfonamides is 1. The van der Waals surface area contributed by atoms with Crippen LogP contribution in [0.2, 0.25) is 5.02 Å². The number of nitrogens with one attached hydrogen (secondary N) is 1. The molecule has 0 aliphatic heterocycles. The molecule has 0 aliphatic rings. The average molecular weight is 397 g/mol. The van der Waals surface area contributed by atoms with Crippen molar-refractivity contribution in [1.82, 2.24) is 4.98 Å². The van der Waals surface area contributed by atoms with Crippen LogP contribution in [-0.4, -0.2) is 27.5 Å². The molecule has 5 nitrogen and oxygen atoms in total. The molecule has 2 rings (SSSR count). The number of rotatable bonds is 4. The van der Waals surface area contributed by atoms with Crippen LogP contribution in [0, 0.1) is 0 Å². The maximum Gasteiger partial charge on any atom is 0.271 e. The summed E-state index contributed by atoms with van der Waals surface area (Å²) in [5.74, 6) is 0.745. The Kier molecular flexibility index (Phi) is 4.58. The van der Waals surface area contributed by atoms with E-state index in [1.807, 2.05) is 19.0 Å². The summed E-state index contributed by atoms with van der Waals surface area (Å²) in [4.78, 5) is 5.97. The predicted molar refractivity (Wildman–Crippen MR) is 86.4 cm³/mol. The second-order valence-electron chi connectivity index (χ2n) is 4.09. The van der Waals surface area contributed by atoms with E-state index in [-0.39, 0.29) is 4.21 Å². The fourth-order valence-electron chi connectivity index (χ4n) is 1.38. The lowest BCUT2D eigenvalue weighted by molar-refractivity contribution is 0.603. The molecular weight excluding hydrogens is 386 g/mol. The predicted octanol–water partition coefficient (Wildman–Crippen LogP) is 3.43. The minimum atomic E-state index is -3.65. The van der Waals surface area contributed by atoms with E-state index in [0.29, 0.717) is 14.5 Å². The second kappa shape index (κ2) is 5.88. The lowest BCUT2D eigenvalue weighted by Crippen LogP contribution is -2.13. The minimum absolute atomic E-state index is 0.145. The summed E-state index contributed by atoms with van der Waals surface area (Å²) in [6.07, 6.45) is 1.47. The summed E-state index contributed by atoms with van der Waals surface area (Å²) in [6.45, 7) is 0. The van der Waals surface area contributed by atoms with Crippen molar-refractivity contribution in [1.29, 1.82) is 0 Å². The molecule has 0 saturated heterocycles. The summed E-state index contributed by atoms with van der Waals surface area (Å²) in [5, 5.41) is 0.372. The van der Waals surface area contributed by atoms with Crippen molar-refractivity contribution in [2.75, 3.05) is 23.7 Å². The second-order valence-corrected chi connectivity index (χ2v) is 8.78. The van der Waals surface area contributed by atoms with Crippen LogP contribution < -0.4 is 9.62 Å². The number of halogens is 2.